The van der Waals surface area contributed by atoms with Crippen molar-refractivity contribution in [2.45, 2.75) is 34.1 Å². The van der Waals surface area contributed by atoms with Crippen LogP contribution in [0.25, 0.3) is 10.8 Å². The molecule has 0 aliphatic carbocycles. The Bertz CT molecular complexity index is 913. The molecule has 4 rings (SSSR count). The van der Waals surface area contributed by atoms with Gasteiger partial charge in [0.25, 0.3) is 0 Å². The first kappa shape index (κ1) is 28.2. The Labute approximate surface area is 188 Å². The number of Topliss-reactive ketones (excluding diaryl/α,β-unsaturated/α-hetero) is 1. The van der Waals surface area contributed by atoms with Crippen LogP contribution in [-0.4, -0.2) is 39.8 Å². The highest BCUT2D eigenvalue weighted by Crippen LogP contribution is 2.32. The largest absolute Gasteiger partial charge is 0.388 e. The minimum absolute atomic E-state index is 0.167. The molecule has 4 heteroatoms. The van der Waals surface area contributed by atoms with E-state index >= 15 is 0 Å². The fourth-order valence-electron chi connectivity index (χ4n) is 2.68. The Balaban J connectivity index is 0.000000637. The molecule has 1 aliphatic rings. The van der Waals surface area contributed by atoms with Gasteiger partial charge in [0, 0.05) is 20.6 Å². The van der Waals surface area contributed by atoms with Crippen molar-refractivity contribution < 1.29 is 9.53 Å². The second kappa shape index (κ2) is 16.9. The van der Waals surface area contributed by atoms with Gasteiger partial charge in [-0.25, -0.2) is 0 Å². The molecule has 0 amide bonds. The van der Waals surface area contributed by atoms with E-state index in [1.807, 2.05) is 34.0 Å². The van der Waals surface area contributed by atoms with Crippen LogP contribution in [0.2, 0.25) is 0 Å². The van der Waals surface area contributed by atoms with E-state index in [1.165, 1.54) is 41.5 Å². The molecular formula is C27H38N2O2. The number of methoxy groups -OCH3 is 1. The van der Waals surface area contributed by atoms with Gasteiger partial charge in [-0.15, -0.1) is 0 Å². The quantitative estimate of drug-likeness (QED) is 0.505. The molecule has 31 heavy (non-hydrogen) atoms. The van der Waals surface area contributed by atoms with Gasteiger partial charge in [0.2, 0.25) is 0 Å². The molecule has 4 nitrogen and oxygen atoms in total. The summed E-state index contributed by atoms with van der Waals surface area (Å²) in [5, 5.41) is 5.31. The Morgan fingerprint density at radius 3 is 1.77 bits per heavy atom. The van der Waals surface area contributed by atoms with Gasteiger partial charge in [0.15, 0.2) is 0 Å². The van der Waals surface area contributed by atoms with Gasteiger partial charge < -0.3 is 14.8 Å². The van der Waals surface area contributed by atoms with Gasteiger partial charge in [-0.3, -0.25) is 4.99 Å². The van der Waals surface area contributed by atoms with Crippen LogP contribution in [0, 0.1) is 0 Å². The lowest BCUT2D eigenvalue weighted by Crippen LogP contribution is -1.99. The van der Waals surface area contributed by atoms with E-state index in [0.717, 1.165) is 12.1 Å². The van der Waals surface area contributed by atoms with Gasteiger partial charge >= 0.3 is 0 Å². The highest BCUT2D eigenvalue weighted by molar-refractivity contribution is 6.07. The molecule has 3 aromatic rings. The van der Waals surface area contributed by atoms with Crippen molar-refractivity contribution in [3.05, 3.63) is 77.9 Å². The van der Waals surface area contributed by atoms with Crippen molar-refractivity contribution in [2.24, 2.45) is 4.99 Å². The number of fused-ring (bicyclic) bond motifs is 2. The number of hydrogen-bond donors (Lipinski definition) is 1. The van der Waals surface area contributed by atoms with E-state index in [9.17, 15) is 4.79 Å². The van der Waals surface area contributed by atoms with Crippen molar-refractivity contribution in [1.82, 2.24) is 5.32 Å². The summed E-state index contributed by atoms with van der Waals surface area (Å²) < 4.78 is 4.25. The second-order valence-corrected chi connectivity index (χ2v) is 6.75. The summed E-state index contributed by atoms with van der Waals surface area (Å²) in [6.45, 7) is 7.06. The number of nitrogens with zero attached hydrogens (tertiary/aromatic N) is 1. The van der Waals surface area contributed by atoms with E-state index in [1.54, 1.807) is 14.2 Å². The van der Waals surface area contributed by atoms with E-state index in [2.05, 4.69) is 70.7 Å². The number of carbonyl (C=O) groups excluding carboxylic acids is 1. The summed E-state index contributed by atoms with van der Waals surface area (Å²) >= 11 is 0. The van der Waals surface area contributed by atoms with Gasteiger partial charge in [0.05, 0.1) is 11.4 Å². The summed E-state index contributed by atoms with van der Waals surface area (Å²) in [6, 6.07) is 23.4. The van der Waals surface area contributed by atoms with Gasteiger partial charge in [-0.1, -0.05) is 68.4 Å². The number of rotatable bonds is 1. The number of hydrogen-bond acceptors (Lipinski definition) is 4. The first-order valence-electron chi connectivity index (χ1n) is 10.6. The summed E-state index contributed by atoms with van der Waals surface area (Å²) in [4.78, 5) is 14.2. The van der Waals surface area contributed by atoms with Crippen LogP contribution in [-0.2, 0) is 16.0 Å². The van der Waals surface area contributed by atoms with Crippen molar-refractivity contribution in [3.63, 3.8) is 0 Å². The molecule has 3 aromatic carbocycles. The zero-order valence-electron chi connectivity index (χ0n) is 20.3. The molecule has 0 bridgehead atoms. The fraction of sp³-hybridized carbons (Fsp3) is 0.333. The standard InChI is InChI=1S/C18H13N.C3H6O.C2H7N.C2H6O.C2H6/c1-2-6-13(7-3-1)17-12-16-10-14-8-4-5-9-15(14)11-18(16)19-17;1-3(2)4;2*1-3-2;1-2/h1-11H,12H2;1-2H3;3H,1-2H3;1-2H3;1-2H3. The minimum Gasteiger partial charge on any atom is -0.388 e. The van der Waals surface area contributed by atoms with Gasteiger partial charge in [-0.05, 0) is 62.0 Å². The zero-order valence-corrected chi connectivity index (χ0v) is 20.3. The Morgan fingerprint density at radius 2 is 1.29 bits per heavy atom. The smallest absolute Gasteiger partial charge is 0.126 e. The Morgan fingerprint density at radius 1 is 0.871 bits per heavy atom. The topological polar surface area (TPSA) is 50.7 Å². The summed E-state index contributed by atoms with van der Waals surface area (Å²) in [5.41, 5.74) is 4.85. The third-order valence-electron chi connectivity index (χ3n) is 3.67. The third-order valence-corrected chi connectivity index (χ3v) is 3.67. The van der Waals surface area contributed by atoms with E-state index in [-0.39, 0.29) is 5.78 Å². The third kappa shape index (κ3) is 10.7. The Hall–Kier alpha value is -2.82. The van der Waals surface area contributed by atoms with Crippen molar-refractivity contribution in [3.8, 4) is 0 Å². The molecule has 0 saturated heterocycles. The number of nitrogens with one attached hydrogen (secondary N) is 1. The normalized spacial score (nSPS) is 10.4. The van der Waals surface area contributed by atoms with E-state index < -0.39 is 0 Å². The molecule has 0 radical (unpaired) electrons. The molecule has 168 valence electrons. The lowest BCUT2D eigenvalue weighted by Gasteiger charge is -2.01. The van der Waals surface area contributed by atoms with E-state index in [0.29, 0.717) is 0 Å². The minimum atomic E-state index is 0.167. The molecule has 0 atom stereocenters. The van der Waals surface area contributed by atoms with Crippen molar-refractivity contribution in [2.75, 3.05) is 28.3 Å². The molecule has 0 spiro atoms. The molecule has 1 aliphatic heterocycles. The van der Waals surface area contributed by atoms with Crippen LogP contribution in [0.3, 0.4) is 0 Å². The number of aliphatic imine (C=N–C) groups is 1. The molecule has 0 fully saturated rings. The van der Waals surface area contributed by atoms with Crippen molar-refractivity contribution in [1.29, 1.82) is 0 Å². The first-order chi connectivity index (χ1) is 15.0. The number of ketones is 1. The lowest BCUT2D eigenvalue weighted by atomic mass is 10.0. The zero-order chi connectivity index (χ0) is 23.6. The Kier molecular flexibility index (Phi) is 15.4. The number of ether oxygens (including phenoxy) is 1. The molecule has 0 saturated carbocycles. The van der Waals surface area contributed by atoms with Crippen LogP contribution in [0.1, 0.15) is 38.8 Å². The van der Waals surface area contributed by atoms with Crippen LogP contribution in [0.4, 0.5) is 5.69 Å². The van der Waals surface area contributed by atoms with Crippen LogP contribution in [0.5, 0.6) is 0 Å². The molecule has 1 N–H and O–H groups in total. The second-order valence-electron chi connectivity index (χ2n) is 6.75. The molecular weight excluding hydrogens is 384 g/mol. The number of carbonyl (C=O) groups is 1. The monoisotopic (exact) mass is 422 g/mol. The average Bonchev–Trinajstić information content (AvgIpc) is 3.18. The average molecular weight is 423 g/mol. The van der Waals surface area contributed by atoms with Gasteiger partial charge in [-0.2, -0.15) is 0 Å². The maximum absolute atomic E-state index is 9.44. The summed E-state index contributed by atoms with van der Waals surface area (Å²) in [6.07, 6.45) is 0.935. The van der Waals surface area contributed by atoms with Gasteiger partial charge in [0.1, 0.15) is 5.78 Å². The molecule has 0 aromatic heterocycles. The predicted octanol–water partition coefficient (Wildman–Crippen LogP) is 6.24. The SMILES string of the molecule is CC.CC(C)=O.CNC.COC.c1ccc(C2=Nc3cc4ccccc4cc3C2)cc1. The molecule has 0 unspecified atom stereocenters. The molecule has 1 heterocycles. The summed E-state index contributed by atoms with van der Waals surface area (Å²) in [5.74, 6) is 0.167. The highest BCUT2D eigenvalue weighted by Gasteiger charge is 2.16. The maximum atomic E-state index is 9.44. The first-order valence-corrected chi connectivity index (χ1v) is 10.6. The lowest BCUT2D eigenvalue weighted by molar-refractivity contribution is -0.114. The highest BCUT2D eigenvalue weighted by atomic mass is 16.4. The van der Waals surface area contributed by atoms with Crippen LogP contribution < -0.4 is 5.32 Å². The van der Waals surface area contributed by atoms with Crippen molar-refractivity contribution >= 4 is 28.0 Å². The number of benzene rings is 3. The predicted molar refractivity (Wildman–Crippen MR) is 136 cm³/mol. The van der Waals surface area contributed by atoms with Crippen LogP contribution in [0.15, 0.2) is 71.7 Å². The van der Waals surface area contributed by atoms with Crippen LogP contribution >= 0.6 is 0 Å². The maximum Gasteiger partial charge on any atom is 0.126 e. The summed E-state index contributed by atoms with van der Waals surface area (Å²) in [7, 11) is 7.00. The fourth-order valence-corrected chi connectivity index (χ4v) is 2.68. The van der Waals surface area contributed by atoms with E-state index in [4.69, 9.17) is 4.99 Å².